The first kappa shape index (κ1) is 12.5. The van der Waals surface area contributed by atoms with Crippen molar-refractivity contribution >= 4 is 17.4 Å². The van der Waals surface area contributed by atoms with Crippen LogP contribution in [0.15, 0.2) is 18.3 Å². The molecule has 2 rings (SSSR count). The molecule has 0 radical (unpaired) electrons. The Morgan fingerprint density at radius 3 is 3.29 bits per heavy atom. The van der Waals surface area contributed by atoms with E-state index in [-0.39, 0.29) is 6.10 Å². The van der Waals surface area contributed by atoms with Gasteiger partial charge in [0.25, 0.3) is 0 Å². The summed E-state index contributed by atoms with van der Waals surface area (Å²) in [6.45, 7) is 4.88. The first-order chi connectivity index (χ1) is 8.35. The summed E-state index contributed by atoms with van der Waals surface area (Å²) in [6.07, 6.45) is 1.85. The molecule has 1 atom stereocenters. The van der Waals surface area contributed by atoms with E-state index in [4.69, 9.17) is 21.1 Å². The van der Waals surface area contributed by atoms with Gasteiger partial charge in [-0.15, -0.1) is 11.6 Å². The van der Waals surface area contributed by atoms with Gasteiger partial charge in [0.2, 0.25) is 0 Å². The topological polar surface area (TPSA) is 34.6 Å². The van der Waals surface area contributed by atoms with Gasteiger partial charge in [0.15, 0.2) is 11.6 Å². The van der Waals surface area contributed by atoms with E-state index in [9.17, 15) is 0 Å². The average molecular weight is 257 g/mol. The van der Waals surface area contributed by atoms with Crippen LogP contribution in [0.4, 0.5) is 5.82 Å². The summed E-state index contributed by atoms with van der Waals surface area (Å²) in [5, 5.41) is 0. The zero-order valence-corrected chi connectivity index (χ0v) is 10.7. The second-order valence-corrected chi connectivity index (χ2v) is 4.16. The fraction of sp³-hybridized carbons (Fsp3) is 0.583. The summed E-state index contributed by atoms with van der Waals surface area (Å²) >= 11 is 5.83. The highest BCUT2D eigenvalue weighted by atomic mass is 35.5. The van der Waals surface area contributed by atoms with Crippen molar-refractivity contribution in [3.8, 4) is 5.75 Å². The third-order valence-corrected chi connectivity index (χ3v) is 3.01. The zero-order chi connectivity index (χ0) is 12.1. The molecular weight excluding hydrogens is 240 g/mol. The van der Waals surface area contributed by atoms with Crippen LogP contribution in [0.3, 0.4) is 0 Å². The average Bonchev–Trinajstić information content (AvgIpc) is 2.40. The van der Waals surface area contributed by atoms with Crippen LogP contribution in [0.1, 0.15) is 6.92 Å². The minimum atomic E-state index is 0.0712. The highest BCUT2D eigenvalue weighted by Gasteiger charge is 2.22. The van der Waals surface area contributed by atoms with Crippen LogP contribution in [-0.2, 0) is 4.74 Å². The molecule has 0 spiro atoms. The minimum Gasteiger partial charge on any atom is -0.490 e. The minimum absolute atomic E-state index is 0.0712. The highest BCUT2D eigenvalue weighted by molar-refractivity contribution is 6.18. The monoisotopic (exact) mass is 256 g/mol. The van der Waals surface area contributed by atoms with Crippen molar-refractivity contribution in [1.82, 2.24) is 4.98 Å². The van der Waals surface area contributed by atoms with E-state index < -0.39 is 0 Å². The van der Waals surface area contributed by atoms with Gasteiger partial charge in [-0.1, -0.05) is 0 Å². The second-order valence-electron chi connectivity index (χ2n) is 3.85. The second kappa shape index (κ2) is 6.07. The molecule has 1 unspecified atom stereocenters. The van der Waals surface area contributed by atoms with E-state index in [1.54, 1.807) is 6.20 Å². The Morgan fingerprint density at radius 1 is 1.65 bits per heavy atom. The largest absolute Gasteiger partial charge is 0.490 e. The van der Waals surface area contributed by atoms with Gasteiger partial charge in [-0.05, 0) is 19.1 Å². The first-order valence-electron chi connectivity index (χ1n) is 5.85. The number of halogens is 1. The van der Waals surface area contributed by atoms with Gasteiger partial charge in [0.05, 0.1) is 25.2 Å². The highest BCUT2D eigenvalue weighted by Crippen LogP contribution is 2.26. The molecule has 0 saturated carbocycles. The van der Waals surface area contributed by atoms with Crippen molar-refractivity contribution in [2.24, 2.45) is 0 Å². The quantitative estimate of drug-likeness (QED) is 0.771. The van der Waals surface area contributed by atoms with Gasteiger partial charge >= 0.3 is 0 Å². The maximum absolute atomic E-state index is 5.83. The van der Waals surface area contributed by atoms with Crippen LogP contribution in [0.5, 0.6) is 5.75 Å². The predicted molar refractivity (Wildman–Crippen MR) is 68.1 cm³/mol. The molecule has 2 heterocycles. The van der Waals surface area contributed by atoms with Gasteiger partial charge in [0, 0.05) is 19.3 Å². The van der Waals surface area contributed by atoms with Crippen LogP contribution >= 0.6 is 11.6 Å². The summed E-state index contributed by atoms with van der Waals surface area (Å²) < 4.78 is 11.1. The molecule has 1 aromatic rings. The molecule has 1 saturated heterocycles. The molecular formula is C12H17ClN2O2. The van der Waals surface area contributed by atoms with Crippen LogP contribution in [-0.4, -0.2) is 43.3 Å². The van der Waals surface area contributed by atoms with E-state index in [0.717, 1.165) is 24.7 Å². The summed E-state index contributed by atoms with van der Waals surface area (Å²) in [4.78, 5) is 6.56. The molecule has 0 amide bonds. The molecule has 0 N–H and O–H groups in total. The van der Waals surface area contributed by atoms with Crippen molar-refractivity contribution < 1.29 is 9.47 Å². The molecule has 94 valence electrons. The van der Waals surface area contributed by atoms with Crippen molar-refractivity contribution in [2.75, 3.05) is 37.1 Å². The van der Waals surface area contributed by atoms with Crippen molar-refractivity contribution in [1.29, 1.82) is 0 Å². The lowest BCUT2D eigenvalue weighted by Crippen LogP contribution is -2.43. The number of anilines is 1. The lowest BCUT2D eigenvalue weighted by atomic mass is 10.3. The van der Waals surface area contributed by atoms with Crippen molar-refractivity contribution in [3.05, 3.63) is 18.3 Å². The summed E-state index contributed by atoms with van der Waals surface area (Å²) in [5.74, 6) is 2.21. The Bertz CT molecular complexity index is 362. The Balaban J connectivity index is 2.15. The third kappa shape index (κ3) is 3.01. The Morgan fingerprint density at radius 2 is 2.53 bits per heavy atom. The van der Waals surface area contributed by atoms with E-state index >= 15 is 0 Å². The third-order valence-electron chi connectivity index (χ3n) is 2.66. The van der Waals surface area contributed by atoms with Crippen LogP contribution in [0.25, 0.3) is 0 Å². The maximum atomic E-state index is 5.83. The van der Waals surface area contributed by atoms with Gasteiger partial charge in [-0.3, -0.25) is 0 Å². The summed E-state index contributed by atoms with van der Waals surface area (Å²) in [6, 6.07) is 3.82. The molecule has 0 aliphatic carbocycles. The smallest absolute Gasteiger partial charge is 0.171 e. The molecule has 4 nitrogen and oxygen atoms in total. The standard InChI is InChI=1S/C12H17ClN2O2/c1-2-16-11-4-3-5-14-12(11)15-6-7-17-10(8-13)9-15/h3-5,10H,2,6-9H2,1H3. The SMILES string of the molecule is CCOc1cccnc1N1CCOC(CCl)C1. The van der Waals surface area contributed by atoms with E-state index in [1.807, 2.05) is 19.1 Å². The maximum Gasteiger partial charge on any atom is 0.171 e. The lowest BCUT2D eigenvalue weighted by molar-refractivity contribution is 0.0549. The summed E-state index contributed by atoms with van der Waals surface area (Å²) in [7, 11) is 0. The molecule has 1 fully saturated rings. The Kier molecular flexibility index (Phi) is 4.45. The van der Waals surface area contributed by atoms with Crippen LogP contribution in [0.2, 0.25) is 0 Å². The molecule has 17 heavy (non-hydrogen) atoms. The normalized spacial score (nSPS) is 20.4. The fourth-order valence-electron chi connectivity index (χ4n) is 1.89. The number of pyridine rings is 1. The fourth-order valence-corrected chi connectivity index (χ4v) is 2.08. The number of morpholine rings is 1. The molecule has 5 heteroatoms. The van der Waals surface area contributed by atoms with Crippen molar-refractivity contribution in [2.45, 2.75) is 13.0 Å². The number of rotatable bonds is 4. The van der Waals surface area contributed by atoms with Gasteiger partial charge < -0.3 is 14.4 Å². The molecule has 1 aliphatic rings. The molecule has 0 aromatic carbocycles. The zero-order valence-electron chi connectivity index (χ0n) is 9.93. The molecule has 0 bridgehead atoms. The number of hydrogen-bond donors (Lipinski definition) is 0. The number of alkyl halides is 1. The first-order valence-corrected chi connectivity index (χ1v) is 6.39. The Hall–Kier alpha value is -1.00. The summed E-state index contributed by atoms with van der Waals surface area (Å²) in [5.41, 5.74) is 0. The van der Waals surface area contributed by atoms with Gasteiger partial charge in [-0.2, -0.15) is 0 Å². The predicted octanol–water partition coefficient (Wildman–Crippen LogP) is 1.92. The van der Waals surface area contributed by atoms with E-state index in [2.05, 4.69) is 9.88 Å². The van der Waals surface area contributed by atoms with E-state index in [0.29, 0.717) is 19.1 Å². The lowest BCUT2D eigenvalue weighted by Gasteiger charge is -2.33. The van der Waals surface area contributed by atoms with Crippen LogP contribution < -0.4 is 9.64 Å². The molecule has 1 aromatic heterocycles. The molecule has 1 aliphatic heterocycles. The number of aromatic nitrogens is 1. The number of ether oxygens (including phenoxy) is 2. The van der Waals surface area contributed by atoms with E-state index in [1.165, 1.54) is 0 Å². The van der Waals surface area contributed by atoms with Crippen LogP contribution in [0, 0.1) is 0 Å². The van der Waals surface area contributed by atoms with Crippen molar-refractivity contribution in [3.63, 3.8) is 0 Å². The van der Waals surface area contributed by atoms with Gasteiger partial charge in [-0.25, -0.2) is 4.98 Å². The Labute approximate surface area is 106 Å². The number of nitrogens with zero attached hydrogens (tertiary/aromatic N) is 2. The number of hydrogen-bond acceptors (Lipinski definition) is 4. The van der Waals surface area contributed by atoms with Gasteiger partial charge in [0.1, 0.15) is 0 Å².